The average molecular weight is 429 g/mol. The van der Waals surface area contributed by atoms with Crippen molar-refractivity contribution >= 4 is 16.9 Å². The van der Waals surface area contributed by atoms with Crippen LogP contribution < -0.4 is 14.2 Å². The van der Waals surface area contributed by atoms with Gasteiger partial charge in [0.1, 0.15) is 34.3 Å². The third kappa shape index (κ3) is 4.17. The molecule has 2 aromatic carbocycles. The van der Waals surface area contributed by atoms with Crippen LogP contribution in [0.25, 0.3) is 5.69 Å². The molecule has 1 N–H and O–H groups in total. The number of para-hydroxylation sites is 1. The van der Waals surface area contributed by atoms with E-state index in [0.29, 0.717) is 41.3 Å². The molecule has 1 aliphatic rings. The topological polar surface area (TPSA) is 87.5 Å². The normalized spacial score (nSPS) is 16.9. The van der Waals surface area contributed by atoms with Crippen LogP contribution in [0.4, 0.5) is 5.95 Å². The molecule has 1 fully saturated rings. The van der Waals surface area contributed by atoms with Crippen molar-refractivity contribution < 1.29 is 18.4 Å². The van der Waals surface area contributed by atoms with E-state index >= 15 is 0 Å². The molecule has 0 bridgehead atoms. The van der Waals surface area contributed by atoms with Crippen LogP contribution in [0.1, 0.15) is 30.3 Å². The van der Waals surface area contributed by atoms with Gasteiger partial charge in [-0.05, 0) is 30.5 Å². The number of hydrogen-bond donors (Lipinski definition) is 1. The number of benzene rings is 2. The summed E-state index contributed by atoms with van der Waals surface area (Å²) in [7, 11) is 1.78. The number of anilines is 1. The van der Waals surface area contributed by atoms with E-state index in [-0.39, 0.29) is 6.10 Å². The highest BCUT2D eigenvalue weighted by atomic mass is 32.2. The third-order valence-corrected chi connectivity index (χ3v) is 5.88. The molecule has 9 heteroatoms. The Morgan fingerprint density at radius 3 is 2.47 bits per heavy atom. The van der Waals surface area contributed by atoms with Crippen LogP contribution in [-0.2, 0) is 21.5 Å². The van der Waals surface area contributed by atoms with Gasteiger partial charge in [-0.15, -0.1) is 10.2 Å². The molecule has 30 heavy (non-hydrogen) atoms. The number of aromatic nitrogens is 3. The van der Waals surface area contributed by atoms with Gasteiger partial charge >= 0.3 is 0 Å². The summed E-state index contributed by atoms with van der Waals surface area (Å²) in [5.74, 6) is 2.48. The minimum Gasteiger partial charge on any atom is -0.494 e. The molecule has 2 atom stereocenters. The fourth-order valence-corrected chi connectivity index (χ4v) is 4.39. The number of ether oxygens (including phenoxy) is 3. The lowest BCUT2D eigenvalue weighted by Crippen LogP contribution is -2.15. The monoisotopic (exact) mass is 428 g/mol. The molecule has 0 radical (unpaired) electrons. The Morgan fingerprint density at radius 1 is 1.10 bits per heavy atom. The van der Waals surface area contributed by atoms with Gasteiger partial charge in [-0.1, -0.05) is 36.4 Å². The van der Waals surface area contributed by atoms with Crippen LogP contribution in [0.3, 0.4) is 0 Å². The highest BCUT2D eigenvalue weighted by molar-refractivity contribution is 7.85. The van der Waals surface area contributed by atoms with Crippen molar-refractivity contribution in [2.24, 2.45) is 0 Å². The van der Waals surface area contributed by atoms with Gasteiger partial charge in [0.25, 0.3) is 0 Å². The predicted octanol–water partition coefficient (Wildman–Crippen LogP) is 3.41. The maximum absolute atomic E-state index is 12.8. The molecule has 1 aromatic heterocycles. The maximum Gasteiger partial charge on any atom is 0.241 e. The summed E-state index contributed by atoms with van der Waals surface area (Å²) in [5.41, 5.74) is 1.60. The molecule has 0 amide bonds. The summed E-state index contributed by atoms with van der Waals surface area (Å²) < 4.78 is 34.6. The summed E-state index contributed by atoms with van der Waals surface area (Å²) in [6, 6.07) is 15.2. The van der Waals surface area contributed by atoms with Crippen LogP contribution in [0.5, 0.6) is 11.5 Å². The largest absolute Gasteiger partial charge is 0.494 e. The molecule has 0 aliphatic carbocycles. The molecule has 1 aliphatic heterocycles. The average Bonchev–Trinajstić information content (AvgIpc) is 3.43. The van der Waals surface area contributed by atoms with E-state index in [1.807, 2.05) is 48.5 Å². The number of hydrogen-bond acceptors (Lipinski definition) is 6. The van der Waals surface area contributed by atoms with Crippen LogP contribution in [-0.4, -0.2) is 39.8 Å². The first-order valence-corrected chi connectivity index (χ1v) is 11.0. The predicted molar refractivity (Wildman–Crippen MR) is 114 cm³/mol. The maximum atomic E-state index is 12.8. The number of rotatable bonds is 8. The Labute approximate surface area is 177 Å². The summed E-state index contributed by atoms with van der Waals surface area (Å²) in [4.78, 5) is 0. The number of nitrogens with zero attached hydrogens (tertiary/aromatic N) is 3. The zero-order chi connectivity index (χ0) is 20.9. The van der Waals surface area contributed by atoms with Crippen molar-refractivity contribution in [3.8, 4) is 17.2 Å². The zero-order valence-electron chi connectivity index (χ0n) is 16.9. The van der Waals surface area contributed by atoms with E-state index in [4.69, 9.17) is 14.2 Å². The van der Waals surface area contributed by atoms with Crippen LogP contribution in [0.15, 0.2) is 48.5 Å². The number of nitrogens with one attached hydrogen (secondary N) is 1. The highest BCUT2D eigenvalue weighted by Crippen LogP contribution is 2.38. The van der Waals surface area contributed by atoms with Gasteiger partial charge in [0.2, 0.25) is 5.95 Å². The quantitative estimate of drug-likeness (QED) is 0.592. The van der Waals surface area contributed by atoms with Gasteiger partial charge in [-0.3, -0.25) is 9.29 Å². The van der Waals surface area contributed by atoms with E-state index in [2.05, 4.69) is 14.9 Å². The fourth-order valence-electron chi connectivity index (χ4n) is 3.49. The summed E-state index contributed by atoms with van der Waals surface area (Å²) in [6.45, 7) is 0.670. The molecular formula is C21H24N4O4S. The van der Waals surface area contributed by atoms with E-state index in [9.17, 15) is 4.21 Å². The molecule has 1 saturated heterocycles. The van der Waals surface area contributed by atoms with Crippen LogP contribution >= 0.6 is 0 Å². The lowest BCUT2D eigenvalue weighted by molar-refractivity contribution is 0.103. The molecule has 2 heterocycles. The Balaban J connectivity index is 1.74. The molecule has 8 nitrogen and oxygen atoms in total. The minimum absolute atomic E-state index is 0.203. The molecule has 0 spiro atoms. The molecule has 2 unspecified atom stereocenters. The summed E-state index contributed by atoms with van der Waals surface area (Å²) >= 11 is 0. The van der Waals surface area contributed by atoms with Crippen molar-refractivity contribution in [1.29, 1.82) is 0 Å². The van der Waals surface area contributed by atoms with E-state index in [1.54, 1.807) is 18.8 Å². The van der Waals surface area contributed by atoms with Crippen molar-refractivity contribution in [2.45, 2.75) is 24.7 Å². The lowest BCUT2D eigenvalue weighted by Gasteiger charge is -2.19. The van der Waals surface area contributed by atoms with Gasteiger partial charge in [0.05, 0.1) is 20.0 Å². The fraction of sp³-hybridized carbons (Fsp3) is 0.333. The Kier molecular flexibility index (Phi) is 6.29. The van der Waals surface area contributed by atoms with Crippen LogP contribution in [0.2, 0.25) is 0 Å². The standard InChI is InChI=1S/C21H24N4O4S/c1-27-16-10-6-11-17(28-2)19(16)25-20(18-12-7-13-29-18)22-23-21(25)24-30(26)14-15-8-4-3-5-9-15/h3-6,8-11,18H,7,12-14H2,1-2H3,(H,23,24). The van der Waals surface area contributed by atoms with Crippen molar-refractivity contribution in [3.05, 3.63) is 59.9 Å². The molecule has 0 saturated carbocycles. The zero-order valence-corrected chi connectivity index (χ0v) is 17.7. The van der Waals surface area contributed by atoms with Gasteiger partial charge < -0.3 is 14.2 Å². The van der Waals surface area contributed by atoms with E-state index in [0.717, 1.165) is 18.4 Å². The number of methoxy groups -OCH3 is 2. The SMILES string of the molecule is COc1cccc(OC)c1-n1c(NS(=O)Cc2ccccc2)nnc1C1CCCO1. The Bertz CT molecular complexity index is 997. The van der Waals surface area contributed by atoms with Gasteiger partial charge in [-0.2, -0.15) is 0 Å². The van der Waals surface area contributed by atoms with Crippen LogP contribution in [0, 0.1) is 0 Å². The van der Waals surface area contributed by atoms with Crippen molar-refractivity contribution in [1.82, 2.24) is 14.8 Å². The first-order valence-electron chi connectivity index (χ1n) is 9.68. The second-order valence-electron chi connectivity index (χ2n) is 6.81. The van der Waals surface area contributed by atoms with E-state index < -0.39 is 11.0 Å². The first kappa shape index (κ1) is 20.4. The van der Waals surface area contributed by atoms with Gasteiger partial charge in [-0.25, -0.2) is 4.21 Å². The second-order valence-corrected chi connectivity index (χ2v) is 7.99. The lowest BCUT2D eigenvalue weighted by atomic mass is 10.2. The highest BCUT2D eigenvalue weighted by Gasteiger charge is 2.29. The first-order chi connectivity index (χ1) is 14.7. The van der Waals surface area contributed by atoms with Crippen molar-refractivity contribution in [2.75, 3.05) is 25.5 Å². The smallest absolute Gasteiger partial charge is 0.241 e. The Hall–Kier alpha value is -2.91. The van der Waals surface area contributed by atoms with E-state index in [1.165, 1.54) is 0 Å². The summed E-state index contributed by atoms with van der Waals surface area (Å²) in [5, 5.41) is 8.65. The molecule has 3 aromatic rings. The van der Waals surface area contributed by atoms with Crippen molar-refractivity contribution in [3.63, 3.8) is 0 Å². The minimum atomic E-state index is -1.41. The van der Waals surface area contributed by atoms with Gasteiger partial charge in [0, 0.05) is 6.61 Å². The van der Waals surface area contributed by atoms with Gasteiger partial charge in [0.15, 0.2) is 5.82 Å². The summed E-state index contributed by atoms with van der Waals surface area (Å²) in [6.07, 6.45) is 1.58. The third-order valence-electron chi connectivity index (χ3n) is 4.88. The molecule has 158 valence electrons. The Morgan fingerprint density at radius 2 is 1.83 bits per heavy atom. The second kappa shape index (κ2) is 9.27. The molecular weight excluding hydrogens is 404 g/mol. The molecule has 4 rings (SSSR count).